The summed E-state index contributed by atoms with van der Waals surface area (Å²) in [5, 5.41) is 7.25. The van der Waals surface area contributed by atoms with Gasteiger partial charge in [0.05, 0.1) is 11.4 Å². The van der Waals surface area contributed by atoms with Crippen molar-refractivity contribution < 1.29 is 18.0 Å². The first kappa shape index (κ1) is 20.8. The molecule has 32 heavy (non-hydrogen) atoms. The molecule has 0 atom stereocenters. The van der Waals surface area contributed by atoms with Crippen molar-refractivity contribution in [3.63, 3.8) is 0 Å². The van der Waals surface area contributed by atoms with Crippen molar-refractivity contribution in [2.45, 2.75) is 43.6 Å². The van der Waals surface area contributed by atoms with Gasteiger partial charge in [0.15, 0.2) is 11.6 Å². The van der Waals surface area contributed by atoms with Gasteiger partial charge < -0.3 is 11.1 Å². The van der Waals surface area contributed by atoms with Gasteiger partial charge in [0.25, 0.3) is 5.95 Å². The second-order valence-electron chi connectivity index (χ2n) is 8.52. The molecule has 3 N–H and O–H groups in total. The Morgan fingerprint density at radius 3 is 2.72 bits per heavy atom. The lowest BCUT2D eigenvalue weighted by atomic mass is 9.79. The molecule has 0 saturated heterocycles. The molecule has 2 aliphatic heterocycles. The fourth-order valence-electron chi connectivity index (χ4n) is 4.29. The van der Waals surface area contributed by atoms with Gasteiger partial charge in [-0.25, -0.2) is 17.9 Å². The van der Waals surface area contributed by atoms with Crippen molar-refractivity contribution in [2.24, 2.45) is 0 Å². The molecular weight excluding hydrogens is 441 g/mol. The summed E-state index contributed by atoms with van der Waals surface area (Å²) in [6, 6.07) is 1.66. The molecule has 0 fully saturated rings. The highest BCUT2D eigenvalue weighted by molar-refractivity contribution is 7.98. The summed E-state index contributed by atoms with van der Waals surface area (Å²) in [6.07, 6.45) is 0.0468. The highest BCUT2D eigenvalue weighted by atomic mass is 32.2. The van der Waals surface area contributed by atoms with Gasteiger partial charge in [0.1, 0.15) is 17.5 Å². The molecule has 0 saturated carbocycles. The van der Waals surface area contributed by atoms with Crippen LogP contribution in [0.25, 0.3) is 5.95 Å². The molecule has 166 valence electrons. The number of nitrogens with one attached hydrogen (secondary N) is 1. The van der Waals surface area contributed by atoms with E-state index in [1.54, 1.807) is 11.8 Å². The third kappa shape index (κ3) is 3.22. The Labute approximate surface area is 185 Å². The fraction of sp³-hybridized carbons (Fsp3) is 0.333. The second kappa shape index (κ2) is 7.22. The van der Waals surface area contributed by atoms with Crippen molar-refractivity contribution in [3.05, 3.63) is 57.7 Å². The van der Waals surface area contributed by atoms with Crippen LogP contribution in [0.15, 0.2) is 12.1 Å². The van der Waals surface area contributed by atoms with Gasteiger partial charge in [0.2, 0.25) is 5.91 Å². The van der Waals surface area contributed by atoms with E-state index in [1.165, 1.54) is 4.68 Å². The lowest BCUT2D eigenvalue weighted by molar-refractivity contribution is -0.117. The van der Waals surface area contributed by atoms with E-state index in [4.69, 9.17) is 5.73 Å². The van der Waals surface area contributed by atoms with Gasteiger partial charge in [-0.3, -0.25) is 4.79 Å². The van der Waals surface area contributed by atoms with Crippen LogP contribution in [0.3, 0.4) is 0 Å². The maximum Gasteiger partial charge on any atom is 0.254 e. The van der Waals surface area contributed by atoms with E-state index in [1.807, 2.05) is 13.8 Å². The van der Waals surface area contributed by atoms with Crippen molar-refractivity contribution >= 4 is 29.3 Å². The van der Waals surface area contributed by atoms with Crippen molar-refractivity contribution in [3.8, 4) is 5.95 Å². The van der Waals surface area contributed by atoms with Crippen LogP contribution in [0, 0.1) is 17.5 Å². The number of carbonyl (C=O) groups excluding carboxylic acids is 1. The SMILES string of the molecule is CC1(C)CC(=O)Nc2nc(-n3nc(Cc4c(F)ccc(F)c4F)c4c3CSC4)nc(N)c21. The molecule has 11 heteroatoms. The molecule has 4 heterocycles. The summed E-state index contributed by atoms with van der Waals surface area (Å²) in [6.45, 7) is 3.79. The Bertz CT molecular complexity index is 1290. The summed E-state index contributed by atoms with van der Waals surface area (Å²) in [7, 11) is 0. The van der Waals surface area contributed by atoms with Crippen molar-refractivity contribution in [2.75, 3.05) is 11.1 Å². The number of carbonyl (C=O) groups is 1. The Kier molecular flexibility index (Phi) is 4.70. The molecule has 5 rings (SSSR count). The average Bonchev–Trinajstić information content (AvgIpc) is 3.30. The topological polar surface area (TPSA) is 98.7 Å². The molecular formula is C21H19F3N6OS. The zero-order valence-corrected chi connectivity index (χ0v) is 18.1. The monoisotopic (exact) mass is 460 g/mol. The molecule has 0 radical (unpaired) electrons. The van der Waals surface area contributed by atoms with E-state index in [2.05, 4.69) is 20.4 Å². The summed E-state index contributed by atoms with van der Waals surface area (Å²) in [5.74, 6) is -1.45. The number of nitrogens with zero attached hydrogens (tertiary/aromatic N) is 4. The summed E-state index contributed by atoms with van der Waals surface area (Å²) in [5.41, 5.74) is 7.99. The highest BCUT2D eigenvalue weighted by Crippen LogP contribution is 2.40. The largest absolute Gasteiger partial charge is 0.383 e. The third-order valence-corrected chi connectivity index (χ3v) is 6.76. The van der Waals surface area contributed by atoms with Gasteiger partial charge in [-0.15, -0.1) is 0 Å². The number of rotatable bonds is 3. The van der Waals surface area contributed by atoms with E-state index in [0.717, 1.165) is 23.4 Å². The third-order valence-electron chi connectivity index (χ3n) is 5.79. The molecule has 0 unspecified atom stereocenters. The number of thioether (sulfide) groups is 1. The van der Waals surface area contributed by atoms with Gasteiger partial charge >= 0.3 is 0 Å². The lowest BCUT2D eigenvalue weighted by Crippen LogP contribution is -2.35. The smallest absolute Gasteiger partial charge is 0.254 e. The molecule has 0 bridgehead atoms. The van der Waals surface area contributed by atoms with Crippen LogP contribution < -0.4 is 11.1 Å². The van der Waals surface area contributed by atoms with Crippen LogP contribution in [-0.4, -0.2) is 25.7 Å². The summed E-state index contributed by atoms with van der Waals surface area (Å²) < 4.78 is 43.6. The number of nitrogen functional groups attached to an aromatic ring is 1. The van der Waals surface area contributed by atoms with Gasteiger partial charge in [-0.1, -0.05) is 13.8 Å². The van der Waals surface area contributed by atoms with Crippen molar-refractivity contribution in [1.29, 1.82) is 0 Å². The zero-order valence-electron chi connectivity index (χ0n) is 17.3. The van der Waals surface area contributed by atoms with Crippen molar-refractivity contribution in [1.82, 2.24) is 19.7 Å². The number of nitrogens with two attached hydrogens (primary N) is 1. The minimum absolute atomic E-state index is 0.157. The average molecular weight is 460 g/mol. The molecule has 0 spiro atoms. The normalized spacial score (nSPS) is 16.6. The minimum atomic E-state index is -1.22. The Hall–Kier alpha value is -3.08. The van der Waals surface area contributed by atoms with E-state index in [-0.39, 0.29) is 36.1 Å². The van der Waals surface area contributed by atoms with E-state index < -0.39 is 22.9 Å². The van der Waals surface area contributed by atoms with Crippen LogP contribution in [0.4, 0.5) is 24.8 Å². The quantitative estimate of drug-likeness (QED) is 0.580. The molecule has 3 aromatic rings. The van der Waals surface area contributed by atoms with Crippen LogP contribution in [0.2, 0.25) is 0 Å². The highest BCUT2D eigenvalue weighted by Gasteiger charge is 2.36. The van der Waals surface area contributed by atoms with Gasteiger partial charge in [-0.05, 0) is 12.1 Å². The second-order valence-corrected chi connectivity index (χ2v) is 9.50. The number of aromatic nitrogens is 4. The van der Waals surface area contributed by atoms with E-state index >= 15 is 0 Å². The van der Waals surface area contributed by atoms with Gasteiger partial charge in [0, 0.05) is 46.5 Å². The molecule has 7 nitrogen and oxygen atoms in total. The first-order chi connectivity index (χ1) is 15.2. The fourth-order valence-corrected chi connectivity index (χ4v) is 5.42. The maximum absolute atomic E-state index is 14.2. The minimum Gasteiger partial charge on any atom is -0.383 e. The van der Waals surface area contributed by atoms with Gasteiger partial charge in [-0.2, -0.15) is 26.8 Å². The molecule has 2 aromatic heterocycles. The number of hydrogen-bond donors (Lipinski definition) is 2. The number of fused-ring (bicyclic) bond motifs is 2. The number of halogens is 3. The Morgan fingerprint density at radius 2 is 1.94 bits per heavy atom. The maximum atomic E-state index is 14.2. The first-order valence-electron chi connectivity index (χ1n) is 9.93. The molecule has 1 amide bonds. The zero-order chi connectivity index (χ0) is 22.8. The van der Waals surface area contributed by atoms with E-state index in [0.29, 0.717) is 28.6 Å². The predicted octanol–water partition coefficient (Wildman–Crippen LogP) is 3.62. The first-order valence-corrected chi connectivity index (χ1v) is 11.1. The summed E-state index contributed by atoms with van der Waals surface area (Å²) >= 11 is 1.61. The molecule has 2 aliphatic rings. The predicted molar refractivity (Wildman–Crippen MR) is 114 cm³/mol. The van der Waals surface area contributed by atoms with Crippen LogP contribution in [0.5, 0.6) is 0 Å². The van der Waals surface area contributed by atoms with E-state index in [9.17, 15) is 18.0 Å². The number of benzene rings is 1. The Morgan fingerprint density at radius 1 is 1.19 bits per heavy atom. The Balaban J connectivity index is 1.61. The molecule has 1 aromatic carbocycles. The lowest BCUT2D eigenvalue weighted by Gasteiger charge is -2.31. The van der Waals surface area contributed by atoms with Crippen LogP contribution in [-0.2, 0) is 28.1 Å². The van der Waals surface area contributed by atoms with Crippen LogP contribution >= 0.6 is 11.8 Å². The number of amides is 1. The molecule has 0 aliphatic carbocycles. The number of anilines is 2. The van der Waals surface area contributed by atoms with Crippen LogP contribution in [0.1, 0.15) is 48.3 Å². The summed E-state index contributed by atoms with van der Waals surface area (Å²) in [4.78, 5) is 21.1. The number of hydrogen-bond acceptors (Lipinski definition) is 6. The standard InChI is InChI=1S/C21H19F3N6OS/c1-21(2)6-15(31)26-19-16(21)18(25)27-20(28-19)30-14-8-32-7-10(14)13(29-30)5-9-11(22)3-4-12(23)17(9)24/h3-4H,5-8H2,1-2H3,(H3,25,26,27,28,31).